The van der Waals surface area contributed by atoms with Crippen molar-refractivity contribution < 1.29 is 32.3 Å². The summed E-state index contributed by atoms with van der Waals surface area (Å²) in [6, 6.07) is 12.0. The van der Waals surface area contributed by atoms with Crippen LogP contribution in [0.3, 0.4) is 0 Å². The zero-order valence-corrected chi connectivity index (χ0v) is 22.5. The summed E-state index contributed by atoms with van der Waals surface area (Å²) in [6.07, 6.45) is -0.0631. The summed E-state index contributed by atoms with van der Waals surface area (Å²) in [5.74, 6) is -0.478. The second kappa shape index (κ2) is 11.1. The molecule has 0 fully saturated rings. The fourth-order valence-corrected chi connectivity index (χ4v) is 6.38. The minimum Gasteiger partial charge on any atom is -0.497 e. The maximum absolute atomic E-state index is 13.4. The molecule has 1 aromatic heterocycles. The molecule has 11 nitrogen and oxygen atoms in total. The molecule has 2 aromatic carbocycles. The SMILES string of the molecule is CNC(=O)c1c(NC(=O)c2ccccc2NS(=O)(=O)c2ccc(OC)cc2)sc2c1CCN(C(=O)OC)C2. The second-order valence-corrected chi connectivity index (χ2v) is 11.0. The Labute approximate surface area is 223 Å². The number of amides is 3. The molecule has 0 bridgehead atoms. The van der Waals surface area contributed by atoms with Crippen LogP contribution in [0.15, 0.2) is 53.4 Å². The number of sulfonamides is 1. The Balaban J connectivity index is 1.63. The number of benzene rings is 2. The van der Waals surface area contributed by atoms with Gasteiger partial charge < -0.3 is 25.0 Å². The Bertz CT molecular complexity index is 1480. The van der Waals surface area contributed by atoms with E-state index in [1.165, 1.54) is 73.9 Å². The van der Waals surface area contributed by atoms with Gasteiger partial charge >= 0.3 is 6.09 Å². The molecule has 38 heavy (non-hydrogen) atoms. The first-order chi connectivity index (χ1) is 18.2. The summed E-state index contributed by atoms with van der Waals surface area (Å²) in [5.41, 5.74) is 1.20. The van der Waals surface area contributed by atoms with Crippen LogP contribution in [0.25, 0.3) is 0 Å². The number of nitrogens with one attached hydrogen (secondary N) is 3. The topological polar surface area (TPSA) is 143 Å². The molecular formula is C25H26N4O7S2. The van der Waals surface area contributed by atoms with Crippen molar-refractivity contribution in [3.05, 3.63) is 70.1 Å². The van der Waals surface area contributed by atoms with Crippen molar-refractivity contribution >= 4 is 50.0 Å². The molecule has 13 heteroatoms. The summed E-state index contributed by atoms with van der Waals surface area (Å²) in [5, 5.41) is 5.67. The third-order valence-electron chi connectivity index (χ3n) is 5.96. The first-order valence-electron chi connectivity index (χ1n) is 11.4. The molecule has 4 rings (SSSR count). The number of para-hydroxylation sites is 1. The Morgan fingerprint density at radius 2 is 1.71 bits per heavy atom. The lowest BCUT2D eigenvalue weighted by molar-refractivity contribution is 0.0962. The molecule has 3 aromatic rings. The van der Waals surface area contributed by atoms with Crippen LogP contribution in [0, 0.1) is 0 Å². The van der Waals surface area contributed by atoms with E-state index in [0.29, 0.717) is 29.3 Å². The van der Waals surface area contributed by atoms with Gasteiger partial charge in [-0.15, -0.1) is 11.3 Å². The van der Waals surface area contributed by atoms with E-state index in [-0.39, 0.29) is 28.6 Å². The summed E-state index contributed by atoms with van der Waals surface area (Å²) in [7, 11) is 0.260. The van der Waals surface area contributed by atoms with E-state index in [1.54, 1.807) is 12.1 Å². The van der Waals surface area contributed by atoms with Gasteiger partial charge in [0.15, 0.2) is 0 Å². The minimum absolute atomic E-state index is 0.00323. The lowest BCUT2D eigenvalue weighted by Crippen LogP contribution is -2.35. The normalized spacial score (nSPS) is 12.8. The van der Waals surface area contributed by atoms with E-state index in [9.17, 15) is 22.8 Å². The average Bonchev–Trinajstić information content (AvgIpc) is 3.29. The van der Waals surface area contributed by atoms with Crippen LogP contribution in [-0.4, -0.2) is 59.0 Å². The van der Waals surface area contributed by atoms with Crippen molar-refractivity contribution in [1.29, 1.82) is 0 Å². The fourth-order valence-electron chi connectivity index (χ4n) is 4.04. The van der Waals surface area contributed by atoms with E-state index in [4.69, 9.17) is 9.47 Å². The molecule has 2 heterocycles. The Hall–Kier alpha value is -4.10. The minimum atomic E-state index is -4.01. The quantitative estimate of drug-likeness (QED) is 0.404. The van der Waals surface area contributed by atoms with Gasteiger partial charge in [0, 0.05) is 18.5 Å². The lowest BCUT2D eigenvalue weighted by Gasteiger charge is -2.25. The Kier molecular flexibility index (Phi) is 7.88. The van der Waals surface area contributed by atoms with E-state index in [1.807, 2.05) is 0 Å². The number of thiophene rings is 1. The van der Waals surface area contributed by atoms with Gasteiger partial charge in [-0.05, 0) is 48.4 Å². The van der Waals surface area contributed by atoms with Crippen molar-refractivity contribution in [2.24, 2.45) is 0 Å². The monoisotopic (exact) mass is 558 g/mol. The van der Waals surface area contributed by atoms with Crippen molar-refractivity contribution in [3.63, 3.8) is 0 Å². The van der Waals surface area contributed by atoms with Crippen LogP contribution < -0.4 is 20.1 Å². The second-order valence-electron chi connectivity index (χ2n) is 8.21. The fraction of sp³-hybridized carbons (Fsp3) is 0.240. The molecular weight excluding hydrogens is 532 g/mol. The summed E-state index contributed by atoms with van der Waals surface area (Å²) < 4.78 is 38.3. The molecule has 3 amide bonds. The summed E-state index contributed by atoms with van der Waals surface area (Å²) >= 11 is 1.19. The van der Waals surface area contributed by atoms with Crippen molar-refractivity contribution in [3.8, 4) is 5.75 Å². The first kappa shape index (κ1) is 26.9. The van der Waals surface area contributed by atoms with Crippen LogP contribution in [0.2, 0.25) is 0 Å². The molecule has 0 spiro atoms. The average molecular weight is 559 g/mol. The Morgan fingerprint density at radius 1 is 1.00 bits per heavy atom. The maximum atomic E-state index is 13.4. The van der Waals surface area contributed by atoms with Crippen LogP contribution in [-0.2, 0) is 27.7 Å². The lowest BCUT2D eigenvalue weighted by atomic mass is 10.0. The zero-order valence-electron chi connectivity index (χ0n) is 20.9. The highest BCUT2D eigenvalue weighted by atomic mass is 32.2. The molecule has 0 unspecified atom stereocenters. The van der Waals surface area contributed by atoms with Crippen LogP contribution in [0.4, 0.5) is 15.5 Å². The number of ether oxygens (including phenoxy) is 2. The van der Waals surface area contributed by atoms with Crippen LogP contribution in [0.5, 0.6) is 5.75 Å². The largest absolute Gasteiger partial charge is 0.497 e. The first-order valence-corrected chi connectivity index (χ1v) is 13.7. The molecule has 1 aliphatic rings. The number of nitrogens with zero attached hydrogens (tertiary/aromatic N) is 1. The molecule has 0 saturated carbocycles. The number of carbonyl (C=O) groups excluding carboxylic acids is 3. The predicted octanol–water partition coefficient (Wildman–Crippen LogP) is 3.29. The highest BCUT2D eigenvalue weighted by molar-refractivity contribution is 7.92. The molecule has 3 N–H and O–H groups in total. The smallest absolute Gasteiger partial charge is 0.409 e. The molecule has 0 atom stereocenters. The van der Waals surface area contributed by atoms with Crippen molar-refractivity contribution in [2.45, 2.75) is 17.9 Å². The number of anilines is 2. The zero-order chi connectivity index (χ0) is 27.4. The standard InChI is InChI=1S/C25H26N4O7S2/c1-26-23(31)21-18-12-13-29(25(32)36-3)14-20(18)37-24(21)27-22(30)17-6-4-5-7-19(17)28-38(33,34)16-10-8-15(35-2)9-11-16/h4-11,28H,12-14H2,1-3H3,(H,26,31)(H,27,30). The van der Waals surface area contributed by atoms with Gasteiger partial charge in [0.05, 0.1) is 42.5 Å². The number of hydrogen-bond donors (Lipinski definition) is 3. The number of methoxy groups -OCH3 is 2. The van der Waals surface area contributed by atoms with Crippen LogP contribution in [0.1, 0.15) is 31.2 Å². The van der Waals surface area contributed by atoms with Crippen LogP contribution >= 0.6 is 11.3 Å². The van der Waals surface area contributed by atoms with Gasteiger partial charge in [-0.25, -0.2) is 13.2 Å². The van der Waals surface area contributed by atoms with E-state index >= 15 is 0 Å². The van der Waals surface area contributed by atoms with Gasteiger partial charge in [-0.3, -0.25) is 14.3 Å². The Morgan fingerprint density at radius 3 is 2.37 bits per heavy atom. The molecule has 0 saturated heterocycles. The van der Waals surface area contributed by atoms with Crippen molar-refractivity contribution in [2.75, 3.05) is 37.9 Å². The third kappa shape index (κ3) is 5.43. The van der Waals surface area contributed by atoms with Gasteiger partial charge in [-0.2, -0.15) is 0 Å². The van der Waals surface area contributed by atoms with Gasteiger partial charge in [-0.1, -0.05) is 12.1 Å². The maximum Gasteiger partial charge on any atom is 0.409 e. The molecule has 0 aliphatic carbocycles. The van der Waals surface area contributed by atoms with E-state index < -0.39 is 22.0 Å². The van der Waals surface area contributed by atoms with E-state index in [0.717, 1.165) is 10.4 Å². The number of hydrogen-bond acceptors (Lipinski definition) is 8. The van der Waals surface area contributed by atoms with E-state index in [2.05, 4.69) is 15.4 Å². The molecule has 200 valence electrons. The third-order valence-corrected chi connectivity index (χ3v) is 8.47. The molecule has 1 aliphatic heterocycles. The summed E-state index contributed by atoms with van der Waals surface area (Å²) in [4.78, 5) is 40.4. The highest BCUT2D eigenvalue weighted by Gasteiger charge is 2.31. The number of rotatable bonds is 7. The predicted molar refractivity (Wildman–Crippen MR) is 142 cm³/mol. The highest BCUT2D eigenvalue weighted by Crippen LogP contribution is 2.38. The number of fused-ring (bicyclic) bond motifs is 1. The summed E-state index contributed by atoms with van der Waals surface area (Å²) in [6.45, 7) is 0.606. The number of carbonyl (C=O) groups is 3. The molecule has 0 radical (unpaired) electrons. The van der Waals surface area contributed by atoms with Gasteiger partial charge in [0.25, 0.3) is 21.8 Å². The van der Waals surface area contributed by atoms with Gasteiger partial charge in [0.1, 0.15) is 10.8 Å². The van der Waals surface area contributed by atoms with Gasteiger partial charge in [0.2, 0.25) is 0 Å². The van der Waals surface area contributed by atoms with Crippen molar-refractivity contribution in [1.82, 2.24) is 10.2 Å².